The van der Waals surface area contributed by atoms with Gasteiger partial charge in [-0.25, -0.2) is 0 Å². The summed E-state index contributed by atoms with van der Waals surface area (Å²) in [4.78, 5) is 25.4. The van der Waals surface area contributed by atoms with Crippen LogP contribution in [0.3, 0.4) is 0 Å². The minimum absolute atomic E-state index is 0.0238. The van der Waals surface area contributed by atoms with Crippen LogP contribution in [0.15, 0.2) is 109 Å². The monoisotopic (exact) mass is 889 g/mol. The van der Waals surface area contributed by atoms with Gasteiger partial charge in [0.15, 0.2) is 12.4 Å². The zero-order valence-corrected chi connectivity index (χ0v) is 38.0. The van der Waals surface area contributed by atoms with E-state index < -0.39 is 71.2 Å². The molecule has 2 unspecified atom stereocenters. The molecule has 62 heavy (non-hydrogen) atoms. The molecule has 0 aromatic heterocycles. The van der Waals surface area contributed by atoms with Crippen molar-refractivity contribution in [2.75, 3.05) is 19.0 Å². The van der Waals surface area contributed by atoms with Gasteiger partial charge in [0.1, 0.15) is 36.8 Å². The number of ether oxygens (including phenoxy) is 4. The first kappa shape index (κ1) is 56.3. The fraction of sp³-hybridized carbons (Fsp3) is 0.592. The molecule has 13 heteroatoms. The Labute approximate surface area is 372 Å². The van der Waals surface area contributed by atoms with Crippen LogP contribution >= 0.6 is 0 Å². The van der Waals surface area contributed by atoms with E-state index in [-0.39, 0.29) is 19.4 Å². The second-order valence-electron chi connectivity index (χ2n) is 15.0. The summed E-state index contributed by atoms with van der Waals surface area (Å²) < 4.78 is 53.9. The van der Waals surface area contributed by atoms with E-state index in [1.54, 1.807) is 0 Å². The van der Waals surface area contributed by atoms with Crippen molar-refractivity contribution in [2.24, 2.45) is 0 Å². The van der Waals surface area contributed by atoms with Crippen LogP contribution in [0.5, 0.6) is 0 Å². The molecule has 0 radical (unpaired) electrons. The highest BCUT2D eigenvalue weighted by Gasteiger charge is 2.46. The third kappa shape index (κ3) is 32.1. The molecule has 1 heterocycles. The highest BCUT2D eigenvalue weighted by molar-refractivity contribution is 7.85. The van der Waals surface area contributed by atoms with Crippen LogP contribution in [-0.2, 0) is 38.7 Å². The van der Waals surface area contributed by atoms with Crippen LogP contribution in [-0.4, -0.2) is 96.0 Å². The lowest BCUT2D eigenvalue weighted by Crippen LogP contribution is -2.60. The van der Waals surface area contributed by atoms with Gasteiger partial charge in [-0.15, -0.1) is 0 Å². The van der Waals surface area contributed by atoms with Crippen LogP contribution in [0.2, 0.25) is 0 Å². The van der Waals surface area contributed by atoms with Crippen LogP contribution in [0.4, 0.5) is 0 Å². The number of esters is 2. The zero-order valence-electron chi connectivity index (χ0n) is 37.2. The number of aliphatic hydroxyl groups is 3. The molecular weight excluding hydrogens is 813 g/mol. The highest BCUT2D eigenvalue weighted by Crippen LogP contribution is 2.23. The number of aliphatic hydroxyl groups excluding tert-OH is 3. The lowest BCUT2D eigenvalue weighted by atomic mass is 10.00. The van der Waals surface area contributed by atoms with Gasteiger partial charge >= 0.3 is 11.9 Å². The second kappa shape index (κ2) is 37.8. The molecular formula is C49H76O12S. The SMILES string of the molecule is CC/C=C/C/C=C/C/C=C/C/C=C/C/C=C/C/C=C/CCC(=O)O[C@H](COC(=O)CCCC/C=C/C/C=C/C/C=C/CCCCC)CO[C@H]1O[C@H](CS(=O)(=O)O)[C@@H](O)C(O)C1O. The van der Waals surface area contributed by atoms with Crippen molar-refractivity contribution < 1.29 is 56.8 Å². The number of hydrogen-bond acceptors (Lipinski definition) is 11. The fourth-order valence-electron chi connectivity index (χ4n) is 5.88. The average molecular weight is 889 g/mol. The molecule has 350 valence electrons. The number of allylic oxidation sites excluding steroid dienone is 18. The average Bonchev–Trinajstić information content (AvgIpc) is 3.24. The highest BCUT2D eigenvalue weighted by atomic mass is 32.2. The smallest absolute Gasteiger partial charge is 0.306 e. The van der Waals surface area contributed by atoms with Crippen molar-refractivity contribution in [1.29, 1.82) is 0 Å². The normalized spacial score (nSPS) is 20.9. The molecule has 4 N–H and O–H groups in total. The molecule has 6 atom stereocenters. The molecule has 0 aromatic rings. The maximum Gasteiger partial charge on any atom is 0.306 e. The molecule has 0 saturated carbocycles. The van der Waals surface area contributed by atoms with E-state index in [1.807, 2.05) is 18.2 Å². The van der Waals surface area contributed by atoms with Crippen LogP contribution in [0, 0.1) is 0 Å². The molecule has 0 spiro atoms. The van der Waals surface area contributed by atoms with E-state index in [9.17, 15) is 37.9 Å². The Morgan fingerprint density at radius 1 is 0.565 bits per heavy atom. The topological polar surface area (TPSA) is 186 Å². The quantitative estimate of drug-likeness (QED) is 0.0205. The molecule has 1 aliphatic rings. The Balaban J connectivity index is 2.55. The number of rotatable bonds is 35. The Morgan fingerprint density at radius 2 is 1.03 bits per heavy atom. The number of carbonyl (C=O) groups excluding carboxylic acids is 2. The summed E-state index contributed by atoms with van der Waals surface area (Å²) in [6.07, 6.45) is 42.9. The predicted octanol–water partition coefficient (Wildman–Crippen LogP) is 9.22. The van der Waals surface area contributed by atoms with Crippen LogP contribution in [0.25, 0.3) is 0 Å². The predicted molar refractivity (Wildman–Crippen MR) is 247 cm³/mol. The first-order valence-corrected chi connectivity index (χ1v) is 24.1. The van der Waals surface area contributed by atoms with Crippen molar-refractivity contribution >= 4 is 22.1 Å². The van der Waals surface area contributed by atoms with E-state index >= 15 is 0 Å². The lowest BCUT2D eigenvalue weighted by Gasteiger charge is -2.40. The molecule has 1 rings (SSSR count). The minimum Gasteiger partial charge on any atom is -0.462 e. The third-order valence-corrected chi connectivity index (χ3v) is 10.1. The summed E-state index contributed by atoms with van der Waals surface area (Å²) in [5.41, 5.74) is 0. The Bertz CT molecular complexity index is 1560. The largest absolute Gasteiger partial charge is 0.462 e. The maximum atomic E-state index is 12.8. The standard InChI is InChI=1S/C49H76O12S/c1-3-5-7-9-11-13-15-17-19-20-21-22-24-26-28-30-32-34-36-38-45(51)60-42(40-59-49-48(54)47(53)46(52)43(61-49)41-62(55,56)57)39-58-44(50)37-35-33-31-29-27-25-23-18-16-14-12-10-8-6-4-2/h5,7,11-14,17-19,21-23,26-29,32,34,42-43,46-49,52-54H,3-4,6,8-10,15-16,20,24-25,30-31,33,35-41H2,1-2H3,(H,55,56,57)/b7-5+,13-11+,14-12+,19-17+,22-21+,23-18+,28-26+,29-27+,34-32+/t42-,43-,46-,47?,48?,49+/m1/s1. The Hall–Kier alpha value is -3.69. The first-order valence-electron chi connectivity index (χ1n) is 22.4. The molecule has 0 bridgehead atoms. The van der Waals surface area contributed by atoms with Crippen LogP contribution in [0.1, 0.15) is 129 Å². The van der Waals surface area contributed by atoms with Crippen molar-refractivity contribution in [3.8, 4) is 0 Å². The van der Waals surface area contributed by atoms with Crippen molar-refractivity contribution in [3.63, 3.8) is 0 Å². The summed E-state index contributed by atoms with van der Waals surface area (Å²) in [6.45, 7) is 3.50. The summed E-state index contributed by atoms with van der Waals surface area (Å²) >= 11 is 0. The molecule has 12 nitrogen and oxygen atoms in total. The Morgan fingerprint density at radius 3 is 1.52 bits per heavy atom. The van der Waals surface area contributed by atoms with Crippen molar-refractivity contribution in [2.45, 2.75) is 166 Å². The number of unbranched alkanes of at least 4 members (excludes halogenated alkanes) is 5. The van der Waals surface area contributed by atoms with E-state index in [1.165, 1.54) is 19.3 Å². The molecule has 0 aromatic carbocycles. The number of hydrogen-bond donors (Lipinski definition) is 4. The van der Waals surface area contributed by atoms with Gasteiger partial charge in [-0.05, 0) is 89.9 Å². The van der Waals surface area contributed by atoms with Crippen molar-refractivity contribution in [1.82, 2.24) is 0 Å². The maximum absolute atomic E-state index is 12.8. The van der Waals surface area contributed by atoms with Gasteiger partial charge in [0.25, 0.3) is 10.1 Å². The molecule has 1 aliphatic heterocycles. The summed E-state index contributed by atoms with van der Waals surface area (Å²) in [6, 6.07) is 0. The van der Waals surface area contributed by atoms with Gasteiger partial charge < -0.3 is 34.3 Å². The van der Waals surface area contributed by atoms with Gasteiger partial charge in [-0.2, -0.15) is 8.42 Å². The minimum atomic E-state index is -4.62. The van der Waals surface area contributed by atoms with Crippen molar-refractivity contribution in [3.05, 3.63) is 109 Å². The first-order chi connectivity index (χ1) is 30.0. The van der Waals surface area contributed by atoms with Gasteiger partial charge in [0.2, 0.25) is 0 Å². The van der Waals surface area contributed by atoms with Crippen LogP contribution < -0.4 is 0 Å². The van der Waals surface area contributed by atoms with E-state index in [4.69, 9.17) is 18.9 Å². The molecule has 0 amide bonds. The Kier molecular flexibility index (Phi) is 34.4. The molecule has 1 fully saturated rings. The number of carbonyl (C=O) groups is 2. The lowest BCUT2D eigenvalue weighted by molar-refractivity contribution is -0.297. The van der Waals surface area contributed by atoms with Gasteiger partial charge in [0.05, 0.1) is 6.61 Å². The van der Waals surface area contributed by atoms with E-state index in [2.05, 4.69) is 105 Å². The zero-order chi connectivity index (χ0) is 45.5. The molecule has 0 aliphatic carbocycles. The molecule has 1 saturated heterocycles. The van der Waals surface area contributed by atoms with Gasteiger partial charge in [-0.1, -0.05) is 136 Å². The van der Waals surface area contributed by atoms with E-state index in [0.29, 0.717) is 19.3 Å². The summed E-state index contributed by atoms with van der Waals surface area (Å²) in [5, 5.41) is 30.9. The van der Waals surface area contributed by atoms with Gasteiger partial charge in [0, 0.05) is 12.8 Å². The fourth-order valence-corrected chi connectivity index (χ4v) is 6.57. The second-order valence-corrected chi connectivity index (χ2v) is 16.5. The van der Waals surface area contributed by atoms with E-state index in [0.717, 1.165) is 64.2 Å². The summed E-state index contributed by atoms with van der Waals surface area (Å²) in [7, 11) is -4.62. The van der Waals surface area contributed by atoms with Gasteiger partial charge in [-0.3, -0.25) is 14.1 Å². The third-order valence-electron chi connectivity index (χ3n) is 9.35. The summed E-state index contributed by atoms with van der Waals surface area (Å²) in [5.74, 6) is -2.16.